The quantitative estimate of drug-likeness (QED) is 0.775. The monoisotopic (exact) mass is 389 g/mol. The average Bonchev–Trinajstić information content (AvgIpc) is 3.36. The Morgan fingerprint density at radius 2 is 2.07 bits per heavy atom. The highest BCUT2D eigenvalue weighted by Crippen LogP contribution is 2.36. The normalized spacial score (nSPS) is 20.5. The van der Waals surface area contributed by atoms with Gasteiger partial charge in [-0.15, -0.1) is 0 Å². The summed E-state index contributed by atoms with van der Waals surface area (Å²) >= 11 is 0. The number of carbonyl (C=O) groups excluding carboxylic acids is 2. The molecule has 0 aromatic carbocycles. The first-order chi connectivity index (χ1) is 13.3. The summed E-state index contributed by atoms with van der Waals surface area (Å²) in [7, 11) is 1.61. The molecule has 1 unspecified atom stereocenters. The van der Waals surface area contributed by atoms with Gasteiger partial charge in [-0.05, 0) is 37.2 Å². The van der Waals surface area contributed by atoms with Crippen molar-refractivity contribution in [2.24, 2.45) is 5.41 Å². The summed E-state index contributed by atoms with van der Waals surface area (Å²) in [5.41, 5.74) is -0.0957. The van der Waals surface area contributed by atoms with E-state index in [4.69, 9.17) is 9.47 Å². The number of carbonyl (C=O) groups is 2. The van der Waals surface area contributed by atoms with Crippen LogP contribution in [-0.4, -0.2) is 60.1 Å². The van der Waals surface area contributed by atoms with Crippen molar-refractivity contribution in [1.29, 1.82) is 0 Å². The standard InChI is InChI=1S/C21H31N3O4/c1-21(2,3)18(19(25)22-4)24(14-10-11-14)20(26)16-8-5-9-17(23-16)28-13-15-7-6-12-27-15/h5,8-9,14-15,18H,6-7,10-13H2,1-4H3,(H,22,25)/t15-,18?/m0/s1. The number of likely N-dealkylation sites (N-methyl/N-ethyl adjacent to an activating group) is 1. The maximum atomic E-state index is 13.4. The Balaban J connectivity index is 1.79. The van der Waals surface area contributed by atoms with E-state index >= 15 is 0 Å². The van der Waals surface area contributed by atoms with Gasteiger partial charge in [-0.1, -0.05) is 26.8 Å². The van der Waals surface area contributed by atoms with Crippen LogP contribution in [0.25, 0.3) is 0 Å². The second kappa shape index (κ2) is 8.47. The number of nitrogens with zero attached hydrogens (tertiary/aromatic N) is 2. The molecule has 0 radical (unpaired) electrons. The summed E-state index contributed by atoms with van der Waals surface area (Å²) < 4.78 is 11.3. The van der Waals surface area contributed by atoms with Crippen LogP contribution in [0.1, 0.15) is 56.9 Å². The molecule has 2 amide bonds. The van der Waals surface area contributed by atoms with E-state index in [0.29, 0.717) is 18.2 Å². The number of rotatable bonds is 7. The molecule has 7 nitrogen and oxygen atoms in total. The highest BCUT2D eigenvalue weighted by Gasteiger charge is 2.46. The Labute approximate surface area is 166 Å². The Bertz CT molecular complexity index is 706. The number of pyridine rings is 1. The Hall–Kier alpha value is -2.15. The lowest BCUT2D eigenvalue weighted by Gasteiger charge is -2.39. The van der Waals surface area contributed by atoms with Crippen molar-refractivity contribution in [2.75, 3.05) is 20.3 Å². The van der Waals surface area contributed by atoms with Crippen LogP contribution >= 0.6 is 0 Å². The number of amides is 2. The molecule has 0 spiro atoms. The molecule has 1 saturated carbocycles. The van der Waals surface area contributed by atoms with E-state index in [-0.39, 0.29) is 24.0 Å². The topological polar surface area (TPSA) is 80.8 Å². The molecule has 2 atom stereocenters. The third kappa shape index (κ3) is 4.82. The van der Waals surface area contributed by atoms with Gasteiger partial charge in [-0.3, -0.25) is 9.59 Å². The van der Waals surface area contributed by atoms with Crippen molar-refractivity contribution in [3.8, 4) is 5.88 Å². The molecule has 28 heavy (non-hydrogen) atoms. The lowest BCUT2D eigenvalue weighted by atomic mass is 9.84. The minimum absolute atomic E-state index is 0.0762. The van der Waals surface area contributed by atoms with Gasteiger partial charge < -0.3 is 19.7 Å². The molecule has 1 aromatic rings. The van der Waals surface area contributed by atoms with Crippen molar-refractivity contribution in [2.45, 2.75) is 64.6 Å². The van der Waals surface area contributed by atoms with E-state index in [1.807, 2.05) is 20.8 Å². The second-order valence-corrected chi connectivity index (χ2v) is 8.63. The van der Waals surface area contributed by atoms with Crippen molar-refractivity contribution in [3.05, 3.63) is 23.9 Å². The van der Waals surface area contributed by atoms with Crippen molar-refractivity contribution >= 4 is 11.8 Å². The summed E-state index contributed by atoms with van der Waals surface area (Å²) in [4.78, 5) is 32.1. The zero-order chi connectivity index (χ0) is 20.3. The van der Waals surface area contributed by atoms with E-state index in [1.54, 1.807) is 30.1 Å². The second-order valence-electron chi connectivity index (χ2n) is 8.63. The van der Waals surface area contributed by atoms with Crippen LogP contribution in [0, 0.1) is 5.41 Å². The Morgan fingerprint density at radius 3 is 2.64 bits per heavy atom. The molecule has 1 aromatic heterocycles. The molecule has 0 bridgehead atoms. The van der Waals surface area contributed by atoms with E-state index in [2.05, 4.69) is 10.3 Å². The molecule has 2 heterocycles. The van der Waals surface area contributed by atoms with Crippen LogP contribution in [0.15, 0.2) is 18.2 Å². The summed E-state index contributed by atoms with van der Waals surface area (Å²) in [5, 5.41) is 2.71. The van der Waals surface area contributed by atoms with E-state index < -0.39 is 11.5 Å². The van der Waals surface area contributed by atoms with Gasteiger partial charge >= 0.3 is 0 Å². The fourth-order valence-electron chi connectivity index (χ4n) is 3.62. The zero-order valence-corrected chi connectivity index (χ0v) is 17.2. The van der Waals surface area contributed by atoms with Crippen molar-refractivity contribution in [3.63, 3.8) is 0 Å². The number of aromatic nitrogens is 1. The van der Waals surface area contributed by atoms with Gasteiger partial charge in [0.1, 0.15) is 18.3 Å². The van der Waals surface area contributed by atoms with Crippen molar-refractivity contribution in [1.82, 2.24) is 15.2 Å². The van der Waals surface area contributed by atoms with E-state index in [9.17, 15) is 9.59 Å². The Morgan fingerprint density at radius 1 is 1.32 bits per heavy atom. The molecule has 1 aliphatic carbocycles. The van der Waals surface area contributed by atoms with Crippen LogP contribution in [0.4, 0.5) is 0 Å². The smallest absolute Gasteiger partial charge is 0.273 e. The lowest BCUT2D eigenvalue weighted by Crippen LogP contribution is -2.56. The minimum Gasteiger partial charge on any atom is -0.475 e. The fourth-order valence-corrected chi connectivity index (χ4v) is 3.62. The van der Waals surface area contributed by atoms with Gasteiger partial charge in [0.25, 0.3) is 5.91 Å². The van der Waals surface area contributed by atoms with Crippen LogP contribution in [0.2, 0.25) is 0 Å². The molecule has 2 aliphatic rings. The van der Waals surface area contributed by atoms with Gasteiger partial charge in [0.15, 0.2) is 0 Å². The number of hydrogen-bond donors (Lipinski definition) is 1. The van der Waals surface area contributed by atoms with Crippen LogP contribution in [0.3, 0.4) is 0 Å². The van der Waals surface area contributed by atoms with Crippen LogP contribution in [0.5, 0.6) is 5.88 Å². The molecule has 154 valence electrons. The first-order valence-electron chi connectivity index (χ1n) is 10.1. The van der Waals surface area contributed by atoms with Gasteiger partial charge in [0.05, 0.1) is 6.10 Å². The largest absolute Gasteiger partial charge is 0.475 e. The maximum Gasteiger partial charge on any atom is 0.273 e. The SMILES string of the molecule is CNC(=O)C(N(C(=O)c1cccc(OC[C@@H]2CCCO2)n1)C1CC1)C(C)(C)C. The minimum atomic E-state index is -0.559. The first-order valence-corrected chi connectivity index (χ1v) is 10.1. The molecule has 1 aliphatic heterocycles. The lowest BCUT2D eigenvalue weighted by molar-refractivity contribution is -0.129. The van der Waals surface area contributed by atoms with E-state index in [1.165, 1.54) is 0 Å². The number of nitrogens with one attached hydrogen (secondary N) is 1. The number of ether oxygens (including phenoxy) is 2. The molecular formula is C21H31N3O4. The highest BCUT2D eigenvalue weighted by molar-refractivity contribution is 5.97. The molecular weight excluding hydrogens is 358 g/mol. The van der Waals surface area contributed by atoms with Gasteiger partial charge in [0, 0.05) is 25.8 Å². The first kappa shape index (κ1) is 20.6. The summed E-state index contributed by atoms with van der Waals surface area (Å²) in [6.07, 6.45) is 3.93. The molecule has 7 heteroatoms. The summed E-state index contributed by atoms with van der Waals surface area (Å²) in [5.74, 6) is 0.0245. The Kier molecular flexibility index (Phi) is 6.23. The summed E-state index contributed by atoms with van der Waals surface area (Å²) in [6, 6.07) is 4.71. The zero-order valence-electron chi connectivity index (χ0n) is 17.2. The van der Waals surface area contributed by atoms with Crippen LogP contribution in [-0.2, 0) is 9.53 Å². The number of hydrogen-bond acceptors (Lipinski definition) is 5. The molecule has 3 rings (SSSR count). The molecule has 1 N–H and O–H groups in total. The van der Waals surface area contributed by atoms with Crippen molar-refractivity contribution < 1.29 is 19.1 Å². The molecule has 1 saturated heterocycles. The predicted octanol–water partition coefficient (Wildman–Crippen LogP) is 2.40. The van der Waals surface area contributed by atoms with E-state index in [0.717, 1.165) is 32.3 Å². The third-order valence-corrected chi connectivity index (χ3v) is 5.15. The summed E-state index contributed by atoms with van der Waals surface area (Å²) in [6.45, 7) is 7.13. The molecule has 2 fully saturated rings. The van der Waals surface area contributed by atoms with Gasteiger partial charge in [0.2, 0.25) is 11.8 Å². The van der Waals surface area contributed by atoms with Crippen LogP contribution < -0.4 is 10.1 Å². The maximum absolute atomic E-state index is 13.4. The fraction of sp³-hybridized carbons (Fsp3) is 0.667. The van der Waals surface area contributed by atoms with Gasteiger partial charge in [-0.2, -0.15) is 0 Å². The van der Waals surface area contributed by atoms with Gasteiger partial charge in [-0.25, -0.2) is 4.98 Å². The third-order valence-electron chi connectivity index (χ3n) is 5.15. The average molecular weight is 389 g/mol. The highest BCUT2D eigenvalue weighted by atomic mass is 16.5. The predicted molar refractivity (Wildman–Crippen MR) is 105 cm³/mol.